The first-order chi connectivity index (χ1) is 18.6. The van der Waals surface area contributed by atoms with Crippen LogP contribution >= 0.6 is 10.8 Å². The first-order valence-corrected chi connectivity index (χ1v) is 14.1. The molecule has 5 rings (SSSR count). The topological polar surface area (TPSA) is 130 Å². The van der Waals surface area contributed by atoms with Gasteiger partial charge in [-0.05, 0) is 60.4 Å². The van der Waals surface area contributed by atoms with Gasteiger partial charge in [0.25, 0.3) is 0 Å². The van der Waals surface area contributed by atoms with Crippen LogP contribution in [0.4, 0.5) is 0 Å². The third kappa shape index (κ3) is 5.18. The van der Waals surface area contributed by atoms with E-state index in [1.54, 1.807) is 47.4 Å². The Kier molecular flexibility index (Phi) is 7.25. The van der Waals surface area contributed by atoms with Crippen LogP contribution in [-0.2, 0) is 18.4 Å². The Morgan fingerprint density at radius 2 is 1.95 bits per heavy atom. The highest BCUT2D eigenvalue weighted by atomic mass is 32.3. The van der Waals surface area contributed by atoms with E-state index < -0.39 is 22.7 Å². The fourth-order valence-electron chi connectivity index (χ4n) is 5.12. The van der Waals surface area contributed by atoms with Crippen LogP contribution in [0.5, 0.6) is 11.5 Å². The molecule has 0 spiro atoms. The second-order valence-corrected chi connectivity index (χ2v) is 11.9. The third-order valence-corrected chi connectivity index (χ3v) is 9.03. The van der Waals surface area contributed by atoms with E-state index in [0.717, 1.165) is 27.8 Å². The average molecular weight is 553 g/mol. The van der Waals surface area contributed by atoms with E-state index in [9.17, 15) is 19.0 Å². The molecule has 39 heavy (non-hydrogen) atoms. The number of carboxylic acid groups (broad SMARTS) is 1. The van der Waals surface area contributed by atoms with E-state index in [-0.39, 0.29) is 19.1 Å². The third-order valence-electron chi connectivity index (χ3n) is 7.10. The second kappa shape index (κ2) is 10.5. The minimum absolute atomic E-state index is 0.144. The molecule has 0 aliphatic carbocycles. The van der Waals surface area contributed by atoms with Crippen LogP contribution in [0.25, 0.3) is 11.0 Å². The maximum Gasteiger partial charge on any atom is 0.304 e. The highest BCUT2D eigenvalue weighted by Crippen LogP contribution is 2.57. The number of ether oxygens (including phenoxy) is 2. The van der Waals surface area contributed by atoms with E-state index in [1.165, 1.54) is 0 Å². The van der Waals surface area contributed by atoms with Gasteiger partial charge in [-0.15, -0.1) is 15.9 Å². The van der Waals surface area contributed by atoms with Crippen LogP contribution in [-0.4, -0.2) is 59.2 Å². The number of rotatable bonds is 7. The van der Waals surface area contributed by atoms with Gasteiger partial charge in [-0.3, -0.25) is 13.9 Å². The molecule has 206 valence electrons. The molecular weight excluding hydrogens is 520 g/mol. The van der Waals surface area contributed by atoms with Gasteiger partial charge in [0.1, 0.15) is 33.5 Å². The Hall–Kier alpha value is -3.64. The summed E-state index contributed by atoms with van der Waals surface area (Å²) in [5, 5.41) is 18.1. The summed E-state index contributed by atoms with van der Waals surface area (Å²) in [4.78, 5) is 12.3. The monoisotopic (exact) mass is 552 g/mol. The van der Waals surface area contributed by atoms with Crippen LogP contribution < -0.4 is 9.47 Å². The summed E-state index contributed by atoms with van der Waals surface area (Å²) in [6, 6.07) is 16.5. The Morgan fingerprint density at radius 3 is 2.69 bits per heavy atom. The van der Waals surface area contributed by atoms with Crippen LogP contribution in [0.1, 0.15) is 41.5 Å². The van der Waals surface area contributed by atoms with Crippen LogP contribution in [0, 0.1) is 6.92 Å². The summed E-state index contributed by atoms with van der Waals surface area (Å²) in [7, 11) is 0.0112. The standard InChI is InChI=1S/C28H32N4O6S/c1-17-9-10-19(22(14-27(33)34)20-12-23-28(25(13-20)37-4)31(3)30-29-23)11-21(17)16-32-15-18(2)38-24-7-5-6-8-26(24)39(32,35)36/h5-13,18,22,35-36H,14-16H2,1-4H3,(H,33,34). The Bertz CT molecular complexity index is 1540. The van der Waals surface area contributed by atoms with Crippen molar-refractivity contribution >= 4 is 27.8 Å². The normalized spacial score (nSPS) is 18.6. The van der Waals surface area contributed by atoms with Crippen molar-refractivity contribution < 1.29 is 28.5 Å². The number of hydrogen-bond donors (Lipinski definition) is 3. The summed E-state index contributed by atoms with van der Waals surface area (Å²) in [5.41, 5.74) is 4.69. The van der Waals surface area contributed by atoms with Crippen molar-refractivity contribution in [3.8, 4) is 11.5 Å². The summed E-state index contributed by atoms with van der Waals surface area (Å²) in [5.74, 6) is -0.407. The summed E-state index contributed by atoms with van der Waals surface area (Å²) in [6.07, 6.45) is -0.413. The fourth-order valence-corrected chi connectivity index (χ4v) is 6.78. The van der Waals surface area contributed by atoms with E-state index in [1.807, 2.05) is 44.2 Å². The molecule has 3 aromatic carbocycles. The van der Waals surface area contributed by atoms with E-state index >= 15 is 0 Å². The van der Waals surface area contributed by atoms with Gasteiger partial charge < -0.3 is 14.6 Å². The number of aryl methyl sites for hydroxylation is 2. The molecule has 2 atom stereocenters. The van der Waals surface area contributed by atoms with Crippen molar-refractivity contribution in [2.24, 2.45) is 7.05 Å². The van der Waals surface area contributed by atoms with Crippen molar-refractivity contribution in [1.82, 2.24) is 19.3 Å². The maximum absolute atomic E-state index is 12.0. The Balaban J connectivity index is 1.55. The van der Waals surface area contributed by atoms with Gasteiger partial charge in [-0.1, -0.05) is 35.5 Å². The predicted octanol–water partition coefficient (Wildman–Crippen LogP) is 5.20. The molecule has 0 bridgehead atoms. The Labute approximate surface area is 228 Å². The molecule has 10 nitrogen and oxygen atoms in total. The van der Waals surface area contributed by atoms with Gasteiger partial charge in [0.2, 0.25) is 0 Å². The van der Waals surface area contributed by atoms with Crippen molar-refractivity contribution in [3.63, 3.8) is 0 Å². The molecule has 0 fully saturated rings. The van der Waals surface area contributed by atoms with Crippen molar-refractivity contribution in [2.45, 2.75) is 43.7 Å². The highest BCUT2D eigenvalue weighted by Gasteiger charge is 2.34. The SMILES string of the molecule is COc1cc(C(CC(=O)O)c2ccc(C)c(CN3CC(C)Oc4ccccc4S3(O)O)c2)cc2nnn(C)c12. The summed E-state index contributed by atoms with van der Waals surface area (Å²) in [6.45, 7) is 4.40. The number of nitrogens with zero attached hydrogens (tertiary/aromatic N) is 4. The first kappa shape index (κ1) is 26.9. The number of fused-ring (bicyclic) bond motifs is 2. The van der Waals surface area contributed by atoms with Gasteiger partial charge in [0.05, 0.1) is 20.1 Å². The lowest BCUT2D eigenvalue weighted by Gasteiger charge is -2.42. The molecule has 3 N–H and O–H groups in total. The van der Waals surface area contributed by atoms with E-state index in [4.69, 9.17) is 9.47 Å². The number of carbonyl (C=O) groups is 1. The van der Waals surface area contributed by atoms with E-state index in [2.05, 4.69) is 10.3 Å². The van der Waals surface area contributed by atoms with Crippen molar-refractivity contribution in [3.05, 3.63) is 76.9 Å². The molecular formula is C28H32N4O6S. The molecule has 1 aromatic heterocycles. The van der Waals surface area contributed by atoms with Gasteiger partial charge >= 0.3 is 5.97 Å². The molecule has 1 aliphatic rings. The quantitative estimate of drug-likeness (QED) is 0.283. The number of methoxy groups -OCH3 is 1. The number of hydrogen-bond acceptors (Lipinski definition) is 8. The number of para-hydroxylation sites is 1. The minimum atomic E-state index is -3.32. The minimum Gasteiger partial charge on any atom is -0.494 e. The van der Waals surface area contributed by atoms with Crippen LogP contribution in [0.15, 0.2) is 59.5 Å². The fraction of sp³-hybridized carbons (Fsp3) is 0.321. The zero-order chi connectivity index (χ0) is 27.9. The van der Waals surface area contributed by atoms with Crippen molar-refractivity contribution in [1.29, 1.82) is 0 Å². The lowest BCUT2D eigenvalue weighted by molar-refractivity contribution is -0.137. The number of aliphatic carboxylic acids is 1. The molecule has 2 heterocycles. The van der Waals surface area contributed by atoms with Gasteiger partial charge in [0, 0.05) is 19.5 Å². The van der Waals surface area contributed by atoms with Crippen LogP contribution in [0.3, 0.4) is 0 Å². The molecule has 2 unspecified atom stereocenters. The molecule has 1 aliphatic heterocycles. The molecule has 0 saturated heterocycles. The zero-order valence-corrected chi connectivity index (χ0v) is 23.1. The Morgan fingerprint density at radius 1 is 1.18 bits per heavy atom. The molecule has 0 amide bonds. The molecule has 4 aromatic rings. The predicted molar refractivity (Wildman–Crippen MR) is 148 cm³/mol. The number of carboxylic acids is 1. The maximum atomic E-state index is 12.0. The van der Waals surface area contributed by atoms with Crippen molar-refractivity contribution in [2.75, 3.05) is 13.7 Å². The number of aromatic nitrogens is 3. The molecule has 0 saturated carbocycles. The summed E-state index contributed by atoms with van der Waals surface area (Å²) < 4.78 is 37.5. The van der Waals surface area contributed by atoms with Gasteiger partial charge in [-0.25, -0.2) is 4.68 Å². The lowest BCUT2D eigenvalue weighted by atomic mass is 9.86. The van der Waals surface area contributed by atoms with E-state index in [0.29, 0.717) is 28.5 Å². The summed E-state index contributed by atoms with van der Waals surface area (Å²) >= 11 is 0. The average Bonchev–Trinajstić information content (AvgIpc) is 3.24. The van der Waals surface area contributed by atoms with Crippen LogP contribution in [0.2, 0.25) is 0 Å². The van der Waals surface area contributed by atoms with Gasteiger partial charge in [0.15, 0.2) is 0 Å². The highest BCUT2D eigenvalue weighted by molar-refractivity contribution is 8.22. The molecule has 0 radical (unpaired) electrons. The second-order valence-electron chi connectivity index (χ2n) is 9.86. The van der Waals surface area contributed by atoms with Gasteiger partial charge in [-0.2, -0.15) is 4.31 Å². The lowest BCUT2D eigenvalue weighted by Crippen LogP contribution is -2.33. The molecule has 11 heteroatoms. The zero-order valence-electron chi connectivity index (χ0n) is 22.2. The number of benzene rings is 3. The largest absolute Gasteiger partial charge is 0.494 e. The smallest absolute Gasteiger partial charge is 0.304 e. The first-order valence-electron chi connectivity index (χ1n) is 12.6.